The minimum atomic E-state index is -1.04. The van der Waals surface area contributed by atoms with Crippen LogP contribution in [0.25, 0.3) is 10.9 Å². The van der Waals surface area contributed by atoms with E-state index in [-0.39, 0.29) is 17.7 Å². The zero-order chi connectivity index (χ0) is 25.9. The third-order valence-electron chi connectivity index (χ3n) is 7.15. The van der Waals surface area contributed by atoms with Crippen molar-refractivity contribution in [2.45, 2.75) is 38.1 Å². The number of fused-ring (bicyclic) bond motifs is 1. The van der Waals surface area contributed by atoms with E-state index in [1.165, 1.54) is 5.56 Å². The van der Waals surface area contributed by atoms with Crippen LogP contribution in [0.1, 0.15) is 48.2 Å². The van der Waals surface area contributed by atoms with Crippen molar-refractivity contribution in [1.29, 1.82) is 0 Å². The van der Waals surface area contributed by atoms with E-state index in [1.807, 2.05) is 18.2 Å². The summed E-state index contributed by atoms with van der Waals surface area (Å²) in [6.45, 7) is 4.81. The predicted octanol–water partition coefficient (Wildman–Crippen LogP) is 3.84. The van der Waals surface area contributed by atoms with Crippen LogP contribution in [-0.4, -0.2) is 59.4 Å². The maximum atomic E-state index is 13.4. The summed E-state index contributed by atoms with van der Waals surface area (Å²) in [6.07, 6.45) is 4.89. The second kappa shape index (κ2) is 10.6. The number of benzene rings is 1. The van der Waals surface area contributed by atoms with Crippen molar-refractivity contribution in [1.82, 2.24) is 15.3 Å². The zero-order valence-electron chi connectivity index (χ0n) is 20.8. The second-order valence-corrected chi connectivity index (χ2v) is 10.0. The standard InChI is InChI=1S/C27H32N6O4/c1-16-10-20(30-27(35)36)15-33(14-16)24-4-7-29-13-23(24)32-26(34)25-21(28)11-19-3-2-18(12-22(19)31-25)17-5-8-37-9-6-17/h2-4,7,11-13,16-17,20,30H,5-6,8-10,14-15,28H2,1H3,(H,32,34)(H,35,36). The molecule has 0 radical (unpaired) electrons. The van der Waals surface area contributed by atoms with Gasteiger partial charge in [0.2, 0.25) is 0 Å². The quantitative estimate of drug-likeness (QED) is 0.410. The molecule has 2 aliphatic rings. The van der Waals surface area contributed by atoms with Crippen LogP contribution < -0.4 is 21.3 Å². The van der Waals surface area contributed by atoms with Crippen molar-refractivity contribution in [2.75, 3.05) is 42.3 Å². The summed E-state index contributed by atoms with van der Waals surface area (Å²) in [7, 11) is 0. The SMILES string of the molecule is CC1CC(NC(=O)O)CN(c2ccncc2NC(=O)c2nc3cc(C4CCOCC4)ccc3cc2N)C1. The number of nitrogens with two attached hydrogens (primary N) is 1. The Hall–Kier alpha value is -3.92. The molecule has 2 saturated heterocycles. The molecule has 194 valence electrons. The van der Waals surface area contributed by atoms with Gasteiger partial charge in [0, 0.05) is 43.9 Å². The molecule has 2 fully saturated rings. The van der Waals surface area contributed by atoms with Crippen LogP contribution in [-0.2, 0) is 4.74 Å². The average Bonchev–Trinajstić information content (AvgIpc) is 2.88. The monoisotopic (exact) mass is 504 g/mol. The van der Waals surface area contributed by atoms with E-state index < -0.39 is 12.0 Å². The van der Waals surface area contributed by atoms with Gasteiger partial charge in [-0.05, 0) is 54.9 Å². The summed E-state index contributed by atoms with van der Waals surface area (Å²) in [5.41, 5.74) is 9.92. The van der Waals surface area contributed by atoms with Gasteiger partial charge in [0.1, 0.15) is 0 Å². The summed E-state index contributed by atoms with van der Waals surface area (Å²) in [4.78, 5) is 35.5. The first-order chi connectivity index (χ1) is 17.9. The predicted molar refractivity (Wildman–Crippen MR) is 142 cm³/mol. The van der Waals surface area contributed by atoms with Gasteiger partial charge in [0.15, 0.2) is 5.69 Å². The fourth-order valence-electron chi connectivity index (χ4n) is 5.44. The van der Waals surface area contributed by atoms with E-state index in [9.17, 15) is 14.7 Å². The Morgan fingerprint density at radius 1 is 1.16 bits per heavy atom. The summed E-state index contributed by atoms with van der Waals surface area (Å²) < 4.78 is 5.49. The highest BCUT2D eigenvalue weighted by Gasteiger charge is 2.28. The summed E-state index contributed by atoms with van der Waals surface area (Å²) in [5.74, 6) is 0.263. The first kappa shape index (κ1) is 24.8. The first-order valence-electron chi connectivity index (χ1n) is 12.6. The van der Waals surface area contributed by atoms with Crippen molar-refractivity contribution in [3.63, 3.8) is 0 Å². The number of hydrogen-bond donors (Lipinski definition) is 4. The van der Waals surface area contributed by atoms with Crippen LogP contribution in [0.15, 0.2) is 42.7 Å². The molecular weight excluding hydrogens is 472 g/mol. The van der Waals surface area contributed by atoms with Gasteiger partial charge >= 0.3 is 6.09 Å². The van der Waals surface area contributed by atoms with Crippen molar-refractivity contribution < 1.29 is 19.4 Å². The third-order valence-corrected chi connectivity index (χ3v) is 7.15. The Labute approximate surface area is 215 Å². The van der Waals surface area contributed by atoms with Crippen molar-refractivity contribution in [2.24, 2.45) is 5.92 Å². The Kier molecular flexibility index (Phi) is 7.09. The Morgan fingerprint density at radius 3 is 2.76 bits per heavy atom. The topological polar surface area (TPSA) is 143 Å². The van der Waals surface area contributed by atoms with Crippen molar-refractivity contribution in [3.05, 3.63) is 54.0 Å². The van der Waals surface area contributed by atoms with Crippen molar-refractivity contribution >= 4 is 40.0 Å². The molecule has 2 atom stereocenters. The number of nitrogens with zero attached hydrogens (tertiary/aromatic N) is 3. The van der Waals surface area contributed by atoms with Crippen LogP contribution >= 0.6 is 0 Å². The molecule has 2 aliphatic heterocycles. The molecular formula is C27H32N6O4. The number of carbonyl (C=O) groups excluding carboxylic acids is 1. The number of carboxylic acid groups (broad SMARTS) is 1. The number of ether oxygens (including phenoxy) is 1. The van der Waals surface area contributed by atoms with E-state index in [4.69, 9.17) is 10.5 Å². The lowest BCUT2D eigenvalue weighted by atomic mass is 9.91. The van der Waals surface area contributed by atoms with Gasteiger partial charge in [-0.1, -0.05) is 19.1 Å². The molecule has 10 nitrogen and oxygen atoms in total. The van der Waals surface area contributed by atoms with Crippen LogP contribution in [0, 0.1) is 5.92 Å². The number of amides is 2. The molecule has 0 bridgehead atoms. The number of carbonyl (C=O) groups is 2. The lowest BCUT2D eigenvalue weighted by Gasteiger charge is -2.38. The molecule has 2 amide bonds. The normalized spacial score (nSPS) is 20.5. The number of nitrogens with one attached hydrogen (secondary N) is 2. The molecule has 0 saturated carbocycles. The Morgan fingerprint density at radius 2 is 1.97 bits per heavy atom. The van der Waals surface area contributed by atoms with Crippen LogP contribution in [0.4, 0.5) is 21.9 Å². The summed E-state index contributed by atoms with van der Waals surface area (Å²) in [6, 6.07) is 9.55. The zero-order valence-corrected chi connectivity index (χ0v) is 20.8. The molecule has 5 rings (SSSR count). The van der Waals surface area contributed by atoms with Gasteiger partial charge in [-0.15, -0.1) is 0 Å². The molecule has 2 unspecified atom stereocenters. The maximum absolute atomic E-state index is 13.4. The van der Waals surface area contributed by atoms with Gasteiger partial charge in [-0.3, -0.25) is 9.78 Å². The highest BCUT2D eigenvalue weighted by atomic mass is 16.5. The minimum absolute atomic E-state index is 0.156. The molecule has 10 heteroatoms. The summed E-state index contributed by atoms with van der Waals surface area (Å²) >= 11 is 0. The van der Waals surface area contributed by atoms with E-state index in [2.05, 4.69) is 38.5 Å². The molecule has 37 heavy (non-hydrogen) atoms. The highest BCUT2D eigenvalue weighted by Crippen LogP contribution is 2.32. The molecule has 0 aliphatic carbocycles. The molecule has 1 aromatic carbocycles. The highest BCUT2D eigenvalue weighted by molar-refractivity contribution is 6.09. The van der Waals surface area contributed by atoms with E-state index in [0.717, 1.165) is 55.6 Å². The molecule has 5 N–H and O–H groups in total. The molecule has 2 aromatic heterocycles. The van der Waals surface area contributed by atoms with Gasteiger partial charge in [0.25, 0.3) is 5.91 Å². The number of anilines is 3. The number of nitrogen functional groups attached to an aromatic ring is 1. The van der Waals surface area contributed by atoms with Crippen LogP contribution in [0.3, 0.4) is 0 Å². The Balaban J connectivity index is 1.39. The maximum Gasteiger partial charge on any atom is 0.404 e. The van der Waals surface area contributed by atoms with Crippen molar-refractivity contribution in [3.8, 4) is 0 Å². The minimum Gasteiger partial charge on any atom is -0.465 e. The number of hydrogen-bond acceptors (Lipinski definition) is 7. The number of aromatic nitrogens is 2. The molecule has 3 aromatic rings. The van der Waals surface area contributed by atoms with Gasteiger partial charge in [-0.25, -0.2) is 9.78 Å². The van der Waals surface area contributed by atoms with E-state index >= 15 is 0 Å². The van der Waals surface area contributed by atoms with Gasteiger partial charge in [-0.2, -0.15) is 0 Å². The average molecular weight is 505 g/mol. The first-order valence-corrected chi connectivity index (χ1v) is 12.6. The smallest absolute Gasteiger partial charge is 0.404 e. The second-order valence-electron chi connectivity index (χ2n) is 10.0. The summed E-state index contributed by atoms with van der Waals surface area (Å²) in [5, 5.41) is 15.6. The lowest BCUT2D eigenvalue weighted by molar-refractivity contribution is 0.0853. The van der Waals surface area contributed by atoms with Gasteiger partial charge in [0.05, 0.1) is 28.8 Å². The van der Waals surface area contributed by atoms with E-state index in [0.29, 0.717) is 23.8 Å². The lowest BCUT2D eigenvalue weighted by Crippen LogP contribution is -2.50. The Bertz CT molecular complexity index is 1310. The van der Waals surface area contributed by atoms with Gasteiger partial charge < -0.3 is 31.1 Å². The molecule has 4 heterocycles. The number of rotatable bonds is 5. The molecule has 0 spiro atoms. The number of pyridine rings is 2. The van der Waals surface area contributed by atoms with E-state index in [1.54, 1.807) is 18.5 Å². The fourth-order valence-corrected chi connectivity index (χ4v) is 5.44. The number of piperidine rings is 1. The fraction of sp³-hybridized carbons (Fsp3) is 0.407. The largest absolute Gasteiger partial charge is 0.465 e. The third kappa shape index (κ3) is 5.59. The van der Waals surface area contributed by atoms with Crippen LogP contribution in [0.2, 0.25) is 0 Å². The van der Waals surface area contributed by atoms with Crippen LogP contribution in [0.5, 0.6) is 0 Å².